The van der Waals surface area contributed by atoms with Crippen molar-refractivity contribution in [3.8, 4) is 16.3 Å². The van der Waals surface area contributed by atoms with Gasteiger partial charge >= 0.3 is 0 Å². The van der Waals surface area contributed by atoms with Crippen LogP contribution in [0.4, 0.5) is 5.69 Å². The second kappa shape index (κ2) is 9.98. The van der Waals surface area contributed by atoms with Gasteiger partial charge in [-0.05, 0) is 92.8 Å². The third kappa shape index (κ3) is 5.65. The van der Waals surface area contributed by atoms with Crippen molar-refractivity contribution < 1.29 is 9.53 Å². The van der Waals surface area contributed by atoms with Crippen molar-refractivity contribution in [2.75, 3.05) is 11.9 Å². The SMILES string of the molecule is Cc1ccc(C)c(OCCCC(C)(C)C(=O)Nc2ccc(-c3nc4ccc(C)cc4s3)cc2)c1. The lowest BCUT2D eigenvalue weighted by Crippen LogP contribution is -2.31. The third-order valence-electron chi connectivity index (χ3n) is 6.10. The fourth-order valence-corrected chi connectivity index (χ4v) is 4.89. The van der Waals surface area contributed by atoms with Gasteiger partial charge in [-0.1, -0.05) is 32.0 Å². The average Bonchev–Trinajstić information content (AvgIpc) is 3.22. The number of hydrogen-bond acceptors (Lipinski definition) is 4. The Hall–Kier alpha value is -3.18. The molecule has 0 saturated heterocycles. The molecule has 34 heavy (non-hydrogen) atoms. The number of aromatic nitrogens is 1. The first-order valence-electron chi connectivity index (χ1n) is 11.7. The molecule has 1 amide bonds. The molecule has 176 valence electrons. The topological polar surface area (TPSA) is 51.2 Å². The standard InChI is InChI=1S/C29H32N2O2S/c1-19-7-9-21(3)25(17-19)33-16-6-15-29(4,5)28(32)30-23-12-10-22(11-13-23)27-31-24-14-8-20(2)18-26(24)34-27/h7-14,17-18H,6,15-16H2,1-5H3,(H,30,32). The van der Waals surface area contributed by atoms with Crippen molar-refractivity contribution in [2.45, 2.75) is 47.5 Å². The molecule has 4 rings (SSSR count). The van der Waals surface area contributed by atoms with Gasteiger partial charge in [0.05, 0.1) is 16.8 Å². The van der Waals surface area contributed by atoms with E-state index in [-0.39, 0.29) is 5.91 Å². The molecule has 0 aliphatic carbocycles. The van der Waals surface area contributed by atoms with Crippen LogP contribution in [-0.4, -0.2) is 17.5 Å². The molecule has 4 aromatic rings. The summed E-state index contributed by atoms with van der Waals surface area (Å²) in [7, 11) is 0. The lowest BCUT2D eigenvalue weighted by Gasteiger charge is -2.23. The number of hydrogen-bond donors (Lipinski definition) is 1. The summed E-state index contributed by atoms with van der Waals surface area (Å²) in [5.74, 6) is 0.938. The molecule has 3 aromatic carbocycles. The minimum absolute atomic E-state index is 0.0162. The maximum Gasteiger partial charge on any atom is 0.230 e. The van der Waals surface area contributed by atoms with E-state index < -0.39 is 5.41 Å². The van der Waals surface area contributed by atoms with Gasteiger partial charge < -0.3 is 10.1 Å². The number of nitrogens with zero attached hydrogens (tertiary/aromatic N) is 1. The summed E-state index contributed by atoms with van der Waals surface area (Å²) in [5.41, 5.74) is 5.93. The largest absolute Gasteiger partial charge is 0.493 e. The molecule has 0 radical (unpaired) electrons. The number of nitrogens with one attached hydrogen (secondary N) is 1. The van der Waals surface area contributed by atoms with Crippen molar-refractivity contribution in [3.63, 3.8) is 0 Å². The van der Waals surface area contributed by atoms with Gasteiger partial charge in [-0.15, -0.1) is 11.3 Å². The molecule has 0 spiro atoms. The van der Waals surface area contributed by atoms with E-state index >= 15 is 0 Å². The molecule has 4 nitrogen and oxygen atoms in total. The number of fused-ring (bicyclic) bond motifs is 1. The zero-order valence-electron chi connectivity index (χ0n) is 20.6. The molecule has 1 aromatic heterocycles. The first-order chi connectivity index (χ1) is 16.2. The summed E-state index contributed by atoms with van der Waals surface area (Å²) in [6.07, 6.45) is 1.55. The van der Waals surface area contributed by atoms with Crippen molar-refractivity contribution in [1.82, 2.24) is 4.98 Å². The Bertz CT molecular complexity index is 1310. The molecular formula is C29H32N2O2S. The van der Waals surface area contributed by atoms with E-state index in [1.54, 1.807) is 11.3 Å². The molecule has 0 aliphatic heterocycles. The Kier molecular flexibility index (Phi) is 7.03. The van der Waals surface area contributed by atoms with E-state index in [1.807, 2.05) is 38.1 Å². The minimum atomic E-state index is -0.491. The number of thiazole rings is 1. The average molecular weight is 473 g/mol. The van der Waals surface area contributed by atoms with E-state index in [1.165, 1.54) is 15.8 Å². The molecule has 0 aliphatic rings. The highest BCUT2D eigenvalue weighted by molar-refractivity contribution is 7.21. The molecule has 5 heteroatoms. The number of carbonyl (C=O) groups excluding carboxylic acids is 1. The van der Waals surface area contributed by atoms with E-state index in [4.69, 9.17) is 9.72 Å². The van der Waals surface area contributed by atoms with Crippen LogP contribution in [0.2, 0.25) is 0 Å². The molecule has 1 heterocycles. The van der Waals surface area contributed by atoms with Gasteiger partial charge in [-0.25, -0.2) is 4.98 Å². The molecule has 1 N–H and O–H groups in total. The van der Waals surface area contributed by atoms with Crippen LogP contribution >= 0.6 is 11.3 Å². The Morgan fingerprint density at radius 3 is 2.44 bits per heavy atom. The van der Waals surface area contributed by atoms with Crippen LogP contribution < -0.4 is 10.1 Å². The van der Waals surface area contributed by atoms with Crippen molar-refractivity contribution >= 4 is 33.1 Å². The number of carbonyl (C=O) groups is 1. The van der Waals surface area contributed by atoms with E-state index in [0.717, 1.165) is 45.9 Å². The van der Waals surface area contributed by atoms with Gasteiger partial charge in [-0.3, -0.25) is 4.79 Å². The van der Waals surface area contributed by atoms with Gasteiger partial charge in [-0.2, -0.15) is 0 Å². The lowest BCUT2D eigenvalue weighted by molar-refractivity contribution is -0.124. The monoisotopic (exact) mass is 472 g/mol. The Labute approximate surface area is 206 Å². The van der Waals surface area contributed by atoms with Gasteiger partial charge in [0.25, 0.3) is 0 Å². The molecular weight excluding hydrogens is 440 g/mol. The van der Waals surface area contributed by atoms with Crippen molar-refractivity contribution in [1.29, 1.82) is 0 Å². The molecule has 0 unspecified atom stereocenters. The van der Waals surface area contributed by atoms with E-state index in [2.05, 4.69) is 62.5 Å². The summed E-state index contributed by atoms with van der Waals surface area (Å²) >= 11 is 1.69. The highest BCUT2D eigenvalue weighted by Crippen LogP contribution is 2.32. The number of rotatable bonds is 8. The predicted molar refractivity (Wildman–Crippen MR) is 143 cm³/mol. The highest BCUT2D eigenvalue weighted by Gasteiger charge is 2.27. The second-order valence-electron chi connectivity index (χ2n) is 9.63. The summed E-state index contributed by atoms with van der Waals surface area (Å²) in [6.45, 7) is 10.8. The third-order valence-corrected chi connectivity index (χ3v) is 7.16. The van der Waals surface area contributed by atoms with Crippen LogP contribution in [0.15, 0.2) is 60.7 Å². The summed E-state index contributed by atoms with van der Waals surface area (Å²) < 4.78 is 7.15. The van der Waals surface area contributed by atoms with Crippen LogP contribution in [-0.2, 0) is 4.79 Å². The van der Waals surface area contributed by atoms with Gasteiger partial charge in [0.2, 0.25) is 5.91 Å². The number of ether oxygens (including phenoxy) is 1. The fraction of sp³-hybridized carbons (Fsp3) is 0.310. The number of aryl methyl sites for hydroxylation is 3. The predicted octanol–water partition coefficient (Wildman–Crippen LogP) is 7.71. The summed E-state index contributed by atoms with van der Waals surface area (Å²) in [6, 6.07) is 20.5. The smallest absolute Gasteiger partial charge is 0.230 e. The van der Waals surface area contributed by atoms with E-state index in [0.29, 0.717) is 6.61 Å². The normalized spacial score (nSPS) is 11.6. The zero-order valence-corrected chi connectivity index (χ0v) is 21.4. The zero-order chi connectivity index (χ0) is 24.3. The van der Waals surface area contributed by atoms with Crippen molar-refractivity contribution in [2.24, 2.45) is 5.41 Å². The minimum Gasteiger partial charge on any atom is -0.493 e. The van der Waals surface area contributed by atoms with Crippen LogP contribution in [0, 0.1) is 26.2 Å². The highest BCUT2D eigenvalue weighted by atomic mass is 32.1. The lowest BCUT2D eigenvalue weighted by atomic mass is 9.87. The van der Waals surface area contributed by atoms with Crippen molar-refractivity contribution in [3.05, 3.63) is 77.4 Å². The van der Waals surface area contributed by atoms with Crippen LogP contribution in [0.25, 0.3) is 20.8 Å². The Morgan fingerprint density at radius 2 is 1.68 bits per heavy atom. The number of benzene rings is 3. The number of amides is 1. The Morgan fingerprint density at radius 1 is 0.971 bits per heavy atom. The molecule has 0 atom stereocenters. The molecule has 0 bridgehead atoms. The van der Waals surface area contributed by atoms with Gasteiger partial charge in [0, 0.05) is 16.7 Å². The Balaban J connectivity index is 1.32. The van der Waals surface area contributed by atoms with Gasteiger partial charge in [0.1, 0.15) is 10.8 Å². The second-order valence-corrected chi connectivity index (χ2v) is 10.7. The first-order valence-corrected chi connectivity index (χ1v) is 12.5. The number of anilines is 1. The maximum atomic E-state index is 12.9. The molecule has 0 saturated carbocycles. The fourth-order valence-electron chi connectivity index (χ4n) is 3.82. The van der Waals surface area contributed by atoms with Crippen LogP contribution in [0.1, 0.15) is 43.4 Å². The summed E-state index contributed by atoms with van der Waals surface area (Å²) in [5, 5.41) is 4.06. The van der Waals surface area contributed by atoms with Crippen LogP contribution in [0.5, 0.6) is 5.75 Å². The maximum absolute atomic E-state index is 12.9. The molecule has 0 fully saturated rings. The first kappa shape index (κ1) is 24.0. The summed E-state index contributed by atoms with van der Waals surface area (Å²) in [4.78, 5) is 17.7. The van der Waals surface area contributed by atoms with Gasteiger partial charge in [0.15, 0.2) is 0 Å². The van der Waals surface area contributed by atoms with E-state index in [9.17, 15) is 4.79 Å². The van der Waals surface area contributed by atoms with Crippen LogP contribution in [0.3, 0.4) is 0 Å². The quantitative estimate of drug-likeness (QED) is 0.267.